The van der Waals surface area contributed by atoms with Crippen LogP contribution in [0.2, 0.25) is 0 Å². The molecule has 3 nitrogen and oxygen atoms in total. The molecule has 0 unspecified atom stereocenters. The van der Waals surface area contributed by atoms with Gasteiger partial charge in [0.2, 0.25) is 5.78 Å². The van der Waals surface area contributed by atoms with Gasteiger partial charge in [-0.25, -0.2) is 0 Å². The lowest BCUT2D eigenvalue weighted by atomic mass is 9.91. The minimum Gasteiger partial charge on any atom is -0.454 e. The van der Waals surface area contributed by atoms with Crippen LogP contribution in [-0.2, 0) is 9.53 Å². The molecule has 3 rings (SSSR count). The topological polar surface area (TPSA) is 43.4 Å². The molecule has 0 aromatic heterocycles. The normalized spacial score (nSPS) is 11.9. The number of benzene rings is 3. The molecule has 0 radical (unpaired) electrons. The maximum Gasteiger partial charge on any atom is 0.318 e. The molecule has 0 aliphatic rings. The van der Waals surface area contributed by atoms with Crippen molar-refractivity contribution in [3.05, 3.63) is 107 Å². The molecular formula is C25H24O3. The molecule has 28 heavy (non-hydrogen) atoms. The zero-order chi connectivity index (χ0) is 20.1. The summed E-state index contributed by atoms with van der Waals surface area (Å²) in [5, 5.41) is 0. The molecule has 0 aliphatic heterocycles. The minimum atomic E-state index is -0.857. The highest BCUT2D eigenvalue weighted by Crippen LogP contribution is 2.27. The summed E-state index contributed by atoms with van der Waals surface area (Å²) in [6.45, 7) is 5.59. The van der Waals surface area contributed by atoms with Gasteiger partial charge in [-0.3, -0.25) is 9.59 Å². The molecule has 0 aliphatic carbocycles. The molecule has 0 bridgehead atoms. The van der Waals surface area contributed by atoms with Crippen molar-refractivity contribution in [2.24, 2.45) is 0 Å². The van der Waals surface area contributed by atoms with Gasteiger partial charge in [0.1, 0.15) is 5.92 Å². The summed E-state index contributed by atoms with van der Waals surface area (Å²) in [5.41, 5.74) is 4.39. The third kappa shape index (κ3) is 4.37. The predicted molar refractivity (Wildman–Crippen MR) is 111 cm³/mol. The van der Waals surface area contributed by atoms with Gasteiger partial charge in [0.25, 0.3) is 0 Å². The fraction of sp³-hybridized carbons (Fsp3) is 0.200. The van der Waals surface area contributed by atoms with Crippen LogP contribution in [0.3, 0.4) is 0 Å². The molecule has 142 valence electrons. The van der Waals surface area contributed by atoms with Crippen molar-refractivity contribution in [1.82, 2.24) is 0 Å². The molecule has 0 saturated heterocycles. The second kappa shape index (κ2) is 8.66. The molecule has 0 saturated carbocycles. The maximum absolute atomic E-state index is 13.0. The van der Waals surface area contributed by atoms with E-state index < -0.39 is 18.0 Å². The molecule has 0 spiro atoms. The van der Waals surface area contributed by atoms with Gasteiger partial charge in [-0.2, -0.15) is 0 Å². The summed E-state index contributed by atoms with van der Waals surface area (Å²) in [6, 6.07) is 24.5. The first kappa shape index (κ1) is 19.6. The minimum absolute atomic E-state index is 0.198. The monoisotopic (exact) mass is 372 g/mol. The lowest BCUT2D eigenvalue weighted by Gasteiger charge is -2.20. The third-order valence-electron chi connectivity index (χ3n) is 4.96. The number of esters is 1. The summed E-state index contributed by atoms with van der Waals surface area (Å²) in [6.07, 6.45) is -0.857. The van der Waals surface area contributed by atoms with Gasteiger partial charge in [-0.15, -0.1) is 0 Å². The quantitative estimate of drug-likeness (QED) is 0.438. The van der Waals surface area contributed by atoms with E-state index in [1.165, 1.54) is 0 Å². The van der Waals surface area contributed by atoms with Crippen molar-refractivity contribution in [3.63, 3.8) is 0 Å². The number of Topliss-reactive ketones (excluding diaryl/α,β-unsaturated/α-hetero) is 1. The number of hydrogen-bond acceptors (Lipinski definition) is 3. The van der Waals surface area contributed by atoms with Gasteiger partial charge in [0.15, 0.2) is 6.10 Å². The van der Waals surface area contributed by atoms with Crippen LogP contribution in [0, 0.1) is 13.8 Å². The summed E-state index contributed by atoms with van der Waals surface area (Å²) < 4.78 is 5.62. The summed E-state index contributed by atoms with van der Waals surface area (Å²) in [7, 11) is 0. The van der Waals surface area contributed by atoms with Crippen LogP contribution in [0.15, 0.2) is 78.9 Å². The summed E-state index contributed by atoms with van der Waals surface area (Å²) >= 11 is 0. The standard InChI is InChI=1S/C25H24O3/c1-17-14-15-22(16-18(17)2)24(26)19(3)28-25(27)23(20-10-6-4-7-11-20)21-12-8-5-9-13-21/h4-16,19,23H,1-3H3/t19-/m0/s1. The van der Waals surface area contributed by atoms with E-state index in [1.54, 1.807) is 13.0 Å². The van der Waals surface area contributed by atoms with Gasteiger partial charge in [0, 0.05) is 5.56 Å². The Morgan fingerprint density at radius 1 is 0.750 bits per heavy atom. The Kier molecular flexibility index (Phi) is 6.05. The molecular weight excluding hydrogens is 348 g/mol. The fourth-order valence-electron chi connectivity index (χ4n) is 3.18. The van der Waals surface area contributed by atoms with Crippen LogP contribution >= 0.6 is 0 Å². The van der Waals surface area contributed by atoms with E-state index in [1.807, 2.05) is 86.6 Å². The second-order valence-corrected chi connectivity index (χ2v) is 7.00. The van der Waals surface area contributed by atoms with E-state index in [9.17, 15) is 9.59 Å². The van der Waals surface area contributed by atoms with E-state index >= 15 is 0 Å². The Morgan fingerprint density at radius 3 is 1.79 bits per heavy atom. The SMILES string of the molecule is Cc1ccc(C(=O)[C@H](C)OC(=O)C(c2ccccc2)c2ccccc2)cc1C. The number of carbonyl (C=O) groups excluding carboxylic acids is 2. The van der Waals surface area contributed by atoms with Gasteiger partial charge in [-0.1, -0.05) is 72.8 Å². The van der Waals surface area contributed by atoms with Crippen LogP contribution in [0.4, 0.5) is 0 Å². The zero-order valence-corrected chi connectivity index (χ0v) is 16.4. The first-order valence-electron chi connectivity index (χ1n) is 9.39. The van der Waals surface area contributed by atoms with Gasteiger partial charge in [0.05, 0.1) is 0 Å². The summed E-state index contributed by atoms with van der Waals surface area (Å²) in [5.74, 6) is -1.20. The van der Waals surface area contributed by atoms with Crippen LogP contribution in [0.1, 0.15) is 45.5 Å². The number of ether oxygens (including phenoxy) is 1. The van der Waals surface area contributed by atoms with Gasteiger partial charge < -0.3 is 4.74 Å². The van der Waals surface area contributed by atoms with Gasteiger partial charge >= 0.3 is 5.97 Å². The second-order valence-electron chi connectivity index (χ2n) is 7.00. The van der Waals surface area contributed by atoms with E-state index in [2.05, 4.69) is 0 Å². The highest BCUT2D eigenvalue weighted by Gasteiger charge is 2.28. The molecule has 3 aromatic carbocycles. The van der Waals surface area contributed by atoms with Crippen LogP contribution in [0.25, 0.3) is 0 Å². The molecule has 0 amide bonds. The van der Waals surface area contributed by atoms with Crippen molar-refractivity contribution in [1.29, 1.82) is 0 Å². The predicted octanol–water partition coefficient (Wildman–Crippen LogP) is 5.25. The van der Waals surface area contributed by atoms with E-state index in [4.69, 9.17) is 4.74 Å². The largest absolute Gasteiger partial charge is 0.454 e. The number of aryl methyl sites for hydroxylation is 2. The molecule has 3 aromatic rings. The number of rotatable bonds is 6. The highest BCUT2D eigenvalue weighted by atomic mass is 16.5. The Bertz CT molecular complexity index is 922. The van der Waals surface area contributed by atoms with Crippen LogP contribution < -0.4 is 0 Å². The fourth-order valence-corrected chi connectivity index (χ4v) is 3.18. The molecule has 3 heteroatoms. The first-order valence-corrected chi connectivity index (χ1v) is 9.39. The average molecular weight is 372 g/mol. The first-order chi connectivity index (χ1) is 13.5. The average Bonchev–Trinajstić information content (AvgIpc) is 2.71. The van der Waals surface area contributed by atoms with Crippen molar-refractivity contribution < 1.29 is 14.3 Å². The Hall–Kier alpha value is -3.20. The lowest BCUT2D eigenvalue weighted by Crippen LogP contribution is -2.28. The van der Waals surface area contributed by atoms with Crippen molar-refractivity contribution in [2.75, 3.05) is 0 Å². The zero-order valence-electron chi connectivity index (χ0n) is 16.4. The van der Waals surface area contributed by atoms with E-state index in [0.717, 1.165) is 22.3 Å². The highest BCUT2D eigenvalue weighted by molar-refractivity contribution is 6.00. The Balaban J connectivity index is 1.83. The summed E-state index contributed by atoms with van der Waals surface area (Å²) in [4.78, 5) is 25.8. The smallest absolute Gasteiger partial charge is 0.318 e. The Labute approximate surface area is 166 Å². The number of carbonyl (C=O) groups is 2. The van der Waals surface area contributed by atoms with E-state index in [0.29, 0.717) is 5.56 Å². The van der Waals surface area contributed by atoms with Crippen molar-refractivity contribution in [2.45, 2.75) is 32.8 Å². The van der Waals surface area contributed by atoms with Crippen molar-refractivity contribution >= 4 is 11.8 Å². The molecule has 0 N–H and O–H groups in total. The van der Waals surface area contributed by atoms with Crippen LogP contribution in [0.5, 0.6) is 0 Å². The van der Waals surface area contributed by atoms with Crippen LogP contribution in [-0.4, -0.2) is 17.9 Å². The van der Waals surface area contributed by atoms with Crippen molar-refractivity contribution in [3.8, 4) is 0 Å². The third-order valence-corrected chi connectivity index (χ3v) is 4.96. The number of hydrogen-bond donors (Lipinski definition) is 0. The molecule has 0 heterocycles. The molecule has 1 atom stereocenters. The molecule has 0 fully saturated rings. The lowest BCUT2D eigenvalue weighted by molar-refractivity contribution is -0.147. The Morgan fingerprint density at radius 2 is 1.29 bits per heavy atom. The van der Waals surface area contributed by atoms with Gasteiger partial charge in [-0.05, 0) is 49.1 Å². The number of ketones is 1. The maximum atomic E-state index is 13.0. The van der Waals surface area contributed by atoms with E-state index in [-0.39, 0.29) is 5.78 Å².